The zero-order valence-electron chi connectivity index (χ0n) is 21.7. The molecule has 12 nitrogen and oxygen atoms in total. The molecule has 2 amide bonds. The van der Waals surface area contributed by atoms with Gasteiger partial charge in [0.15, 0.2) is 29.1 Å². The number of pyridine rings is 1. The van der Waals surface area contributed by atoms with E-state index < -0.39 is 23.1 Å². The number of aromatic nitrogens is 3. The van der Waals surface area contributed by atoms with Gasteiger partial charge in [-0.1, -0.05) is 28.7 Å². The number of nitrogens with two attached hydrogens (primary N) is 2. The van der Waals surface area contributed by atoms with Crippen LogP contribution in [0.4, 0.5) is 20.4 Å². The smallest absolute Gasteiger partial charge is 0.302 e. The van der Waals surface area contributed by atoms with Gasteiger partial charge in [-0.25, -0.2) is 18.7 Å². The fourth-order valence-corrected chi connectivity index (χ4v) is 5.37. The number of halogens is 3. The van der Waals surface area contributed by atoms with E-state index in [4.69, 9.17) is 11.5 Å². The summed E-state index contributed by atoms with van der Waals surface area (Å²) in [6, 6.07) is 6.14. The van der Waals surface area contributed by atoms with Crippen LogP contribution in [0.3, 0.4) is 0 Å². The van der Waals surface area contributed by atoms with Crippen LogP contribution >= 0.6 is 22.6 Å². The topological polar surface area (TPSA) is 174 Å². The number of nitrogens with one attached hydrogen (secondary N) is 2. The molecule has 0 saturated carbocycles. The van der Waals surface area contributed by atoms with Crippen LogP contribution in [0.5, 0.6) is 0 Å². The lowest BCUT2D eigenvalue weighted by Crippen LogP contribution is -2.53. The maximum atomic E-state index is 13.6. The van der Waals surface area contributed by atoms with Gasteiger partial charge in [0, 0.05) is 36.3 Å². The third-order valence-corrected chi connectivity index (χ3v) is 7.84. The molecule has 15 heteroatoms. The standard InChI is InChI=1S/C26H26F2IN9O3/c27-16-3-1-14(9-17(16)28)11-38-12-15(2-4-19(38)39)24(41)37-7-5-26(6-8-37)13-32-25(36-26)35-23(40)20-22(31)34-21(30)18(10-29)33-20/h1-4,9,12H,5-8,10-11,13H2,(H4,30,31,34)(H2,32,35,36,40). The van der Waals surface area contributed by atoms with Crippen molar-refractivity contribution in [3.8, 4) is 0 Å². The molecular weight excluding hydrogens is 651 g/mol. The summed E-state index contributed by atoms with van der Waals surface area (Å²) in [7, 11) is 0. The van der Waals surface area contributed by atoms with Crippen LogP contribution < -0.4 is 27.7 Å². The normalized spacial score (nSPS) is 17.0. The Morgan fingerprint density at radius 1 is 1.07 bits per heavy atom. The SMILES string of the molecule is Nc1nc(N)c(C(=O)/N=C2\NCC3(CCN(C(=O)c4ccc(=O)n(Cc5ccc(F)c(F)c5)c4)CC3)N2)nc1CI. The molecule has 2 aliphatic heterocycles. The monoisotopic (exact) mass is 677 g/mol. The first kappa shape index (κ1) is 28.4. The molecule has 0 bridgehead atoms. The molecule has 5 rings (SSSR count). The highest BCUT2D eigenvalue weighted by atomic mass is 127. The number of aliphatic imine (C=N–C) groups is 1. The highest BCUT2D eigenvalue weighted by molar-refractivity contribution is 14.1. The number of alkyl halides is 1. The number of guanidine groups is 1. The summed E-state index contributed by atoms with van der Waals surface area (Å²) >= 11 is 2.06. The molecule has 214 valence electrons. The summed E-state index contributed by atoms with van der Waals surface area (Å²) in [5.41, 5.74) is 11.9. The van der Waals surface area contributed by atoms with Crippen LogP contribution in [0.15, 0.2) is 46.3 Å². The van der Waals surface area contributed by atoms with Gasteiger partial charge >= 0.3 is 5.91 Å². The van der Waals surface area contributed by atoms with E-state index in [-0.39, 0.29) is 41.3 Å². The maximum absolute atomic E-state index is 13.6. The van der Waals surface area contributed by atoms with Gasteiger partial charge in [-0.3, -0.25) is 14.4 Å². The van der Waals surface area contributed by atoms with Crippen LogP contribution in [-0.2, 0) is 11.0 Å². The van der Waals surface area contributed by atoms with Gasteiger partial charge in [-0.15, -0.1) is 0 Å². The third-order valence-electron chi connectivity index (χ3n) is 7.12. The molecule has 0 unspecified atom stereocenters. The Hall–Kier alpha value is -4.15. The lowest BCUT2D eigenvalue weighted by molar-refractivity contribution is 0.0668. The summed E-state index contributed by atoms with van der Waals surface area (Å²) in [4.78, 5) is 52.4. The molecule has 6 N–H and O–H groups in total. The molecule has 0 aliphatic carbocycles. The van der Waals surface area contributed by atoms with Crippen molar-refractivity contribution in [3.05, 3.63) is 81.0 Å². The first-order valence-electron chi connectivity index (χ1n) is 12.6. The second kappa shape index (κ2) is 11.4. The van der Waals surface area contributed by atoms with Gasteiger partial charge < -0.3 is 31.6 Å². The Balaban J connectivity index is 1.23. The number of benzene rings is 1. The lowest BCUT2D eigenvalue weighted by atomic mass is 9.88. The van der Waals surface area contributed by atoms with E-state index in [0.29, 0.717) is 53.7 Å². The highest BCUT2D eigenvalue weighted by Crippen LogP contribution is 2.26. The number of hydrogen-bond donors (Lipinski definition) is 4. The van der Waals surface area contributed by atoms with Crippen LogP contribution in [0.1, 0.15) is 44.9 Å². The number of likely N-dealkylation sites (tertiary alicyclic amines) is 1. The largest absolute Gasteiger partial charge is 0.382 e. The third kappa shape index (κ3) is 5.98. The van der Waals surface area contributed by atoms with E-state index in [0.717, 1.165) is 12.1 Å². The first-order chi connectivity index (χ1) is 19.6. The fourth-order valence-electron chi connectivity index (χ4n) is 4.81. The fraction of sp³-hybridized carbons (Fsp3) is 0.308. The van der Waals surface area contributed by atoms with E-state index in [1.54, 1.807) is 4.90 Å². The number of nitrogens with zero attached hydrogens (tertiary/aromatic N) is 5. The van der Waals surface area contributed by atoms with Gasteiger partial charge in [-0.2, -0.15) is 4.99 Å². The number of carbonyl (C=O) groups is 2. The van der Waals surface area contributed by atoms with Crippen molar-refractivity contribution in [2.24, 2.45) is 4.99 Å². The zero-order valence-corrected chi connectivity index (χ0v) is 23.8. The van der Waals surface area contributed by atoms with E-state index in [2.05, 4.69) is 48.2 Å². The molecule has 2 fully saturated rings. The Kier molecular flexibility index (Phi) is 7.88. The number of rotatable bonds is 5. The maximum Gasteiger partial charge on any atom is 0.302 e. The average Bonchev–Trinajstić information content (AvgIpc) is 3.33. The van der Waals surface area contributed by atoms with Crippen molar-refractivity contribution >= 4 is 52.0 Å². The minimum atomic E-state index is -1.01. The number of piperidine rings is 1. The average molecular weight is 677 g/mol. The van der Waals surface area contributed by atoms with E-state index >= 15 is 0 Å². The van der Waals surface area contributed by atoms with Gasteiger partial charge in [0.05, 0.1) is 23.3 Å². The molecule has 1 aromatic carbocycles. The van der Waals surface area contributed by atoms with Gasteiger partial charge in [0.1, 0.15) is 5.82 Å². The predicted molar refractivity (Wildman–Crippen MR) is 156 cm³/mol. The minimum Gasteiger partial charge on any atom is -0.382 e. The van der Waals surface area contributed by atoms with E-state index in [1.165, 1.54) is 29.0 Å². The number of carbonyl (C=O) groups excluding carboxylic acids is 2. The number of hydrogen-bond acceptors (Lipinski definition) is 7. The molecule has 2 saturated heterocycles. The summed E-state index contributed by atoms with van der Waals surface area (Å²) in [6.45, 7) is 1.34. The molecule has 2 aromatic heterocycles. The van der Waals surface area contributed by atoms with E-state index in [9.17, 15) is 23.2 Å². The molecular formula is C26H26F2IN9O3. The quantitative estimate of drug-likeness (QED) is 0.230. The molecule has 2 aliphatic rings. The summed E-state index contributed by atoms with van der Waals surface area (Å²) in [6.07, 6.45) is 2.59. The second-order valence-corrected chi connectivity index (χ2v) is 10.6. The summed E-state index contributed by atoms with van der Waals surface area (Å²) in [5, 5.41) is 6.39. The van der Waals surface area contributed by atoms with Crippen LogP contribution in [0, 0.1) is 11.6 Å². The Labute approximate surface area is 246 Å². The lowest BCUT2D eigenvalue weighted by Gasteiger charge is -2.38. The van der Waals surface area contributed by atoms with Crippen LogP contribution in [0.2, 0.25) is 0 Å². The second-order valence-electron chi connectivity index (χ2n) is 9.87. The van der Waals surface area contributed by atoms with Crippen molar-refractivity contribution in [2.75, 3.05) is 31.1 Å². The molecule has 1 spiro atoms. The molecule has 41 heavy (non-hydrogen) atoms. The molecule has 3 aromatic rings. The number of nitrogen functional groups attached to an aromatic ring is 2. The van der Waals surface area contributed by atoms with Gasteiger partial charge in [0.2, 0.25) is 0 Å². The van der Waals surface area contributed by atoms with Crippen molar-refractivity contribution in [1.82, 2.24) is 30.1 Å². The number of anilines is 2. The van der Waals surface area contributed by atoms with Crippen molar-refractivity contribution < 1.29 is 18.4 Å². The zero-order chi connectivity index (χ0) is 29.3. The summed E-state index contributed by atoms with van der Waals surface area (Å²) < 4.78 is 28.6. The Bertz CT molecular complexity index is 1620. The first-order valence-corrected chi connectivity index (χ1v) is 14.2. The number of amides is 2. The highest BCUT2D eigenvalue weighted by Gasteiger charge is 2.41. The Morgan fingerprint density at radius 3 is 2.54 bits per heavy atom. The van der Waals surface area contributed by atoms with Crippen molar-refractivity contribution in [3.63, 3.8) is 0 Å². The van der Waals surface area contributed by atoms with Crippen molar-refractivity contribution in [1.29, 1.82) is 0 Å². The van der Waals surface area contributed by atoms with Crippen molar-refractivity contribution in [2.45, 2.75) is 29.4 Å². The molecule has 0 atom stereocenters. The van der Waals surface area contributed by atoms with Gasteiger partial charge in [-0.05, 0) is 36.6 Å². The van der Waals surface area contributed by atoms with Gasteiger partial charge in [0.25, 0.3) is 11.5 Å². The molecule has 4 heterocycles. The van der Waals surface area contributed by atoms with Crippen LogP contribution in [-0.4, -0.2) is 62.4 Å². The van der Waals surface area contributed by atoms with E-state index in [1.807, 2.05) is 0 Å². The minimum absolute atomic E-state index is 0.0103. The van der Waals surface area contributed by atoms with Crippen LogP contribution in [0.25, 0.3) is 0 Å². The Morgan fingerprint density at radius 2 is 1.83 bits per heavy atom. The predicted octanol–water partition coefficient (Wildman–Crippen LogP) is 1.43. The summed E-state index contributed by atoms with van der Waals surface area (Å²) in [5.74, 6) is -2.53. The molecule has 0 radical (unpaired) electrons.